The third-order valence-corrected chi connectivity index (χ3v) is 2.57. The van der Waals surface area contributed by atoms with E-state index in [1.807, 2.05) is 0 Å². The van der Waals surface area contributed by atoms with Gasteiger partial charge in [0.25, 0.3) is 0 Å². The van der Waals surface area contributed by atoms with Crippen molar-refractivity contribution in [1.29, 1.82) is 0 Å². The first kappa shape index (κ1) is 9.26. The molecular formula is C8H11N3O2S. The molecule has 1 aliphatic heterocycles. The number of aliphatic carboxylic acids is 1. The smallest absolute Gasteiger partial charge is 0.323 e. The van der Waals surface area contributed by atoms with Crippen LogP contribution in [0.1, 0.15) is 12.1 Å². The van der Waals surface area contributed by atoms with Crippen LogP contribution in [0.25, 0.3) is 0 Å². The fourth-order valence-electron chi connectivity index (χ4n) is 1.66. The van der Waals surface area contributed by atoms with Gasteiger partial charge in [0.05, 0.1) is 5.69 Å². The molecular weight excluding hydrogens is 202 g/mol. The number of anilines is 1. The van der Waals surface area contributed by atoms with Crippen molar-refractivity contribution in [2.45, 2.75) is 19.4 Å². The quantitative estimate of drug-likeness (QED) is 0.641. The average Bonchev–Trinajstić information content (AvgIpc) is 2.43. The Labute approximate surface area is 85.8 Å². The SMILES string of the molecule is O=C(O)Cn1c2c([nH]c1=S)CCCN2. The highest BCUT2D eigenvalue weighted by Gasteiger charge is 2.16. The van der Waals surface area contributed by atoms with E-state index in [-0.39, 0.29) is 6.54 Å². The fraction of sp³-hybridized carbons (Fsp3) is 0.500. The molecule has 0 aliphatic carbocycles. The van der Waals surface area contributed by atoms with E-state index in [9.17, 15) is 4.79 Å². The van der Waals surface area contributed by atoms with Gasteiger partial charge in [0.1, 0.15) is 12.4 Å². The van der Waals surface area contributed by atoms with Gasteiger partial charge in [0, 0.05) is 6.54 Å². The van der Waals surface area contributed by atoms with Gasteiger partial charge in [-0.05, 0) is 25.1 Å². The molecule has 0 atom stereocenters. The van der Waals surface area contributed by atoms with Crippen molar-refractivity contribution in [3.63, 3.8) is 0 Å². The molecule has 0 fully saturated rings. The second-order valence-electron chi connectivity index (χ2n) is 3.27. The summed E-state index contributed by atoms with van der Waals surface area (Å²) >= 11 is 5.04. The van der Waals surface area contributed by atoms with E-state index >= 15 is 0 Å². The molecule has 1 aromatic rings. The van der Waals surface area contributed by atoms with E-state index < -0.39 is 5.97 Å². The highest BCUT2D eigenvalue weighted by atomic mass is 32.1. The number of aromatic nitrogens is 2. The number of carboxylic acid groups (broad SMARTS) is 1. The zero-order chi connectivity index (χ0) is 10.1. The first-order chi connectivity index (χ1) is 6.68. The summed E-state index contributed by atoms with van der Waals surface area (Å²) in [5, 5.41) is 11.9. The summed E-state index contributed by atoms with van der Waals surface area (Å²) in [5.74, 6) is -0.0427. The molecule has 6 heteroatoms. The molecule has 1 aliphatic rings. The maximum atomic E-state index is 10.6. The Hall–Kier alpha value is -1.30. The number of aromatic amines is 1. The van der Waals surface area contributed by atoms with Crippen molar-refractivity contribution in [1.82, 2.24) is 9.55 Å². The molecule has 1 aromatic heterocycles. The van der Waals surface area contributed by atoms with Crippen LogP contribution in [0.15, 0.2) is 0 Å². The lowest BCUT2D eigenvalue weighted by Crippen LogP contribution is -2.17. The van der Waals surface area contributed by atoms with Crippen LogP contribution in [-0.2, 0) is 17.8 Å². The lowest BCUT2D eigenvalue weighted by molar-refractivity contribution is -0.137. The van der Waals surface area contributed by atoms with Crippen molar-refractivity contribution >= 4 is 24.0 Å². The molecule has 0 saturated carbocycles. The molecule has 0 saturated heterocycles. The number of hydrogen-bond acceptors (Lipinski definition) is 3. The van der Waals surface area contributed by atoms with Crippen LogP contribution in [-0.4, -0.2) is 27.2 Å². The Morgan fingerprint density at radius 2 is 2.43 bits per heavy atom. The number of aryl methyl sites for hydroxylation is 1. The normalized spacial score (nSPS) is 14.6. The number of hydrogen-bond donors (Lipinski definition) is 3. The Balaban J connectivity index is 2.42. The van der Waals surface area contributed by atoms with Gasteiger partial charge in [-0.2, -0.15) is 0 Å². The number of carboxylic acids is 1. The Morgan fingerprint density at radius 1 is 1.64 bits per heavy atom. The molecule has 14 heavy (non-hydrogen) atoms. The van der Waals surface area contributed by atoms with Crippen LogP contribution >= 0.6 is 12.2 Å². The zero-order valence-corrected chi connectivity index (χ0v) is 8.36. The Bertz CT molecular complexity index is 421. The van der Waals surface area contributed by atoms with Crippen molar-refractivity contribution in [3.05, 3.63) is 10.5 Å². The maximum Gasteiger partial charge on any atom is 0.323 e. The first-order valence-corrected chi connectivity index (χ1v) is 4.86. The molecule has 0 amide bonds. The van der Waals surface area contributed by atoms with Gasteiger partial charge < -0.3 is 15.4 Å². The second-order valence-corrected chi connectivity index (χ2v) is 3.65. The van der Waals surface area contributed by atoms with Crippen LogP contribution in [0, 0.1) is 4.77 Å². The predicted molar refractivity (Wildman–Crippen MR) is 54.1 cm³/mol. The lowest BCUT2D eigenvalue weighted by Gasteiger charge is -2.15. The second kappa shape index (κ2) is 3.45. The van der Waals surface area contributed by atoms with E-state index in [4.69, 9.17) is 17.3 Å². The summed E-state index contributed by atoms with van der Waals surface area (Å²) < 4.78 is 2.07. The van der Waals surface area contributed by atoms with Gasteiger partial charge in [-0.25, -0.2) is 0 Å². The number of nitrogens with one attached hydrogen (secondary N) is 2. The molecule has 76 valence electrons. The topological polar surface area (TPSA) is 70.0 Å². The Kier molecular flexibility index (Phi) is 2.28. The monoisotopic (exact) mass is 213 g/mol. The van der Waals surface area contributed by atoms with Gasteiger partial charge in [-0.1, -0.05) is 0 Å². The van der Waals surface area contributed by atoms with Crippen molar-refractivity contribution in [3.8, 4) is 0 Å². The summed E-state index contributed by atoms with van der Waals surface area (Å²) in [6, 6.07) is 0. The third kappa shape index (κ3) is 1.52. The molecule has 0 bridgehead atoms. The Morgan fingerprint density at radius 3 is 3.14 bits per heavy atom. The molecule has 0 spiro atoms. The molecule has 2 heterocycles. The van der Waals surface area contributed by atoms with E-state index in [2.05, 4.69) is 10.3 Å². The standard InChI is InChI=1S/C8H11N3O2S/c12-6(13)4-11-7-5(10-8(11)14)2-1-3-9-7/h9H,1-4H2,(H,10,14)(H,12,13). The fourth-order valence-corrected chi connectivity index (χ4v) is 1.94. The number of fused-ring (bicyclic) bond motifs is 1. The van der Waals surface area contributed by atoms with Gasteiger partial charge in [0.2, 0.25) is 0 Å². The summed E-state index contributed by atoms with van der Waals surface area (Å²) in [6.45, 7) is 0.789. The maximum absolute atomic E-state index is 10.6. The minimum absolute atomic E-state index is 0.0856. The lowest BCUT2D eigenvalue weighted by atomic mass is 10.2. The summed E-state index contributed by atoms with van der Waals surface area (Å²) in [7, 11) is 0. The van der Waals surface area contributed by atoms with Gasteiger partial charge in [-0.3, -0.25) is 9.36 Å². The van der Waals surface area contributed by atoms with Crippen LogP contribution in [0.5, 0.6) is 0 Å². The number of H-pyrrole nitrogens is 1. The largest absolute Gasteiger partial charge is 0.480 e. The summed E-state index contributed by atoms with van der Waals surface area (Å²) in [6.07, 6.45) is 1.98. The van der Waals surface area contributed by atoms with Crippen LogP contribution in [0.4, 0.5) is 5.82 Å². The van der Waals surface area contributed by atoms with E-state index in [0.29, 0.717) is 4.77 Å². The zero-order valence-electron chi connectivity index (χ0n) is 7.54. The van der Waals surface area contributed by atoms with Crippen LogP contribution < -0.4 is 5.32 Å². The minimum atomic E-state index is -0.879. The highest BCUT2D eigenvalue weighted by Crippen LogP contribution is 2.21. The summed E-state index contributed by atoms with van der Waals surface area (Å²) in [4.78, 5) is 13.6. The number of rotatable bonds is 2. The molecule has 2 rings (SSSR count). The number of carbonyl (C=O) groups is 1. The molecule has 5 nitrogen and oxygen atoms in total. The third-order valence-electron chi connectivity index (χ3n) is 2.25. The molecule has 0 aromatic carbocycles. The van der Waals surface area contributed by atoms with Crippen molar-refractivity contribution in [2.75, 3.05) is 11.9 Å². The minimum Gasteiger partial charge on any atom is -0.480 e. The first-order valence-electron chi connectivity index (χ1n) is 4.46. The van der Waals surface area contributed by atoms with E-state index in [1.54, 1.807) is 4.57 Å². The molecule has 0 radical (unpaired) electrons. The van der Waals surface area contributed by atoms with Gasteiger partial charge in [-0.15, -0.1) is 0 Å². The average molecular weight is 213 g/mol. The predicted octanol–water partition coefficient (Wildman–Crippen LogP) is 0.988. The van der Waals surface area contributed by atoms with Crippen molar-refractivity contribution in [2.24, 2.45) is 0 Å². The highest BCUT2D eigenvalue weighted by molar-refractivity contribution is 7.71. The van der Waals surface area contributed by atoms with E-state index in [0.717, 1.165) is 30.9 Å². The van der Waals surface area contributed by atoms with Gasteiger partial charge in [0.15, 0.2) is 4.77 Å². The molecule has 3 N–H and O–H groups in total. The van der Waals surface area contributed by atoms with Crippen LogP contribution in [0.2, 0.25) is 0 Å². The molecule has 0 unspecified atom stereocenters. The number of nitrogens with zero attached hydrogens (tertiary/aromatic N) is 1. The van der Waals surface area contributed by atoms with Crippen LogP contribution in [0.3, 0.4) is 0 Å². The van der Waals surface area contributed by atoms with E-state index in [1.165, 1.54) is 0 Å². The van der Waals surface area contributed by atoms with Crippen molar-refractivity contribution < 1.29 is 9.90 Å². The number of imidazole rings is 1. The summed E-state index contributed by atoms with van der Waals surface area (Å²) in [5.41, 5.74) is 1.02. The van der Waals surface area contributed by atoms with Gasteiger partial charge >= 0.3 is 5.97 Å².